The van der Waals surface area contributed by atoms with Crippen molar-refractivity contribution in [1.29, 1.82) is 5.26 Å². The highest BCUT2D eigenvalue weighted by molar-refractivity contribution is 7.84. The number of carboxylic acids is 1. The third-order valence-corrected chi connectivity index (χ3v) is 6.20. The molecule has 3 heterocycles. The van der Waals surface area contributed by atoms with Crippen LogP contribution in [0, 0.1) is 11.3 Å². The summed E-state index contributed by atoms with van der Waals surface area (Å²) in [5.74, 6) is -3.87. The zero-order chi connectivity index (χ0) is 26.1. The molecule has 0 spiro atoms. The zero-order valence-electron chi connectivity index (χ0n) is 17.9. The normalized spacial score (nSPS) is 18.5. The Morgan fingerprint density at radius 3 is 2.66 bits per heavy atom. The molecule has 1 saturated heterocycles. The number of carbonyl (C=O) groups excluding carboxylic acids is 2. The number of carbonyl (C=O) groups is 3. The maximum absolute atomic E-state index is 13.0. The van der Waals surface area contributed by atoms with E-state index in [1.807, 2.05) is 0 Å². The van der Waals surface area contributed by atoms with Crippen LogP contribution in [0.3, 0.4) is 0 Å². The summed E-state index contributed by atoms with van der Waals surface area (Å²) in [5.41, 5.74) is 3.10. The van der Waals surface area contributed by atoms with Crippen molar-refractivity contribution in [1.82, 2.24) is 29.4 Å². The molecule has 0 bridgehead atoms. The van der Waals surface area contributed by atoms with Crippen molar-refractivity contribution in [3.63, 3.8) is 0 Å². The van der Waals surface area contributed by atoms with Gasteiger partial charge in [0.2, 0.25) is 5.60 Å². The molecule has 1 aliphatic rings. The lowest BCUT2D eigenvalue weighted by Crippen LogP contribution is -2.73. The van der Waals surface area contributed by atoms with E-state index in [4.69, 9.17) is 15.8 Å². The predicted molar refractivity (Wildman–Crippen MR) is 115 cm³/mol. The molecule has 17 nitrogen and oxygen atoms in total. The number of carboxylic acid groups (broad SMARTS) is 1. The Morgan fingerprint density at radius 1 is 1.46 bits per heavy atom. The summed E-state index contributed by atoms with van der Waals surface area (Å²) in [6.45, 7) is 1.98. The molecular formula is C16H17N9O8S2. The Bertz CT molecular complexity index is 1360. The molecule has 186 valence electrons. The van der Waals surface area contributed by atoms with Gasteiger partial charge in [-0.1, -0.05) is 5.16 Å². The van der Waals surface area contributed by atoms with Crippen LogP contribution >= 0.6 is 11.3 Å². The number of nitrogens with two attached hydrogens (primary N) is 1. The van der Waals surface area contributed by atoms with Crippen molar-refractivity contribution in [2.45, 2.75) is 38.1 Å². The van der Waals surface area contributed by atoms with Gasteiger partial charge in [0.1, 0.15) is 24.1 Å². The van der Waals surface area contributed by atoms with E-state index in [0.717, 1.165) is 22.3 Å². The molecule has 19 heteroatoms. The lowest BCUT2D eigenvalue weighted by Gasteiger charge is -2.43. The first-order valence-corrected chi connectivity index (χ1v) is 11.6. The number of nitrogens with zero attached hydrogens (tertiary/aromatic N) is 7. The van der Waals surface area contributed by atoms with Gasteiger partial charge in [0, 0.05) is 5.38 Å². The average molecular weight is 528 g/mol. The highest BCUT2D eigenvalue weighted by Gasteiger charge is 2.54. The molecule has 1 fully saturated rings. The Balaban J connectivity index is 1.89. The quantitative estimate of drug-likeness (QED) is 0.119. The summed E-state index contributed by atoms with van der Waals surface area (Å²) in [4.78, 5) is 49.3. The third-order valence-electron chi connectivity index (χ3n) is 4.57. The molecular weight excluding hydrogens is 510 g/mol. The Hall–Kier alpha value is -4.15. The van der Waals surface area contributed by atoms with Gasteiger partial charge < -0.3 is 21.0 Å². The fourth-order valence-electron chi connectivity index (χ4n) is 2.78. The number of aromatic nitrogens is 4. The van der Waals surface area contributed by atoms with Crippen molar-refractivity contribution >= 4 is 50.3 Å². The van der Waals surface area contributed by atoms with E-state index < -0.39 is 51.5 Å². The lowest BCUT2D eigenvalue weighted by molar-refractivity contribution is -0.161. The molecule has 2 aromatic heterocycles. The minimum absolute atomic E-state index is 0.0487. The number of hydrogen-bond acceptors (Lipinski definition) is 13. The summed E-state index contributed by atoms with van der Waals surface area (Å²) in [5, 5.41) is 29.0. The number of β-lactam (4-membered cyclic amide) rings is 1. The van der Waals surface area contributed by atoms with Gasteiger partial charge in [-0.15, -0.1) is 16.4 Å². The number of thiazole rings is 1. The van der Waals surface area contributed by atoms with Gasteiger partial charge in [-0.3, -0.25) is 14.1 Å². The number of anilines is 1. The van der Waals surface area contributed by atoms with E-state index in [1.54, 1.807) is 6.07 Å². The van der Waals surface area contributed by atoms with Crippen molar-refractivity contribution in [3.8, 4) is 6.07 Å². The number of aliphatic carboxylic acids is 1. The number of hydrogen-bond donors (Lipinski definition) is 4. The first-order valence-electron chi connectivity index (χ1n) is 9.36. The highest BCUT2D eigenvalue weighted by Crippen LogP contribution is 2.25. The fraction of sp³-hybridized carbons (Fsp3) is 0.375. The number of rotatable bonds is 9. The van der Waals surface area contributed by atoms with E-state index in [9.17, 15) is 32.5 Å². The van der Waals surface area contributed by atoms with Crippen molar-refractivity contribution in [2.24, 2.45) is 5.16 Å². The second kappa shape index (κ2) is 9.24. The van der Waals surface area contributed by atoms with Crippen LogP contribution in [0.2, 0.25) is 0 Å². The zero-order valence-corrected chi connectivity index (χ0v) is 19.5. The second-order valence-electron chi connectivity index (χ2n) is 7.45. The van der Waals surface area contributed by atoms with Crippen LogP contribution in [-0.2, 0) is 36.1 Å². The third kappa shape index (κ3) is 5.34. The van der Waals surface area contributed by atoms with Crippen molar-refractivity contribution in [3.05, 3.63) is 23.2 Å². The van der Waals surface area contributed by atoms with Crippen molar-refractivity contribution < 1.29 is 37.3 Å². The molecule has 5 N–H and O–H groups in total. The summed E-state index contributed by atoms with van der Waals surface area (Å²) < 4.78 is 34.0. The van der Waals surface area contributed by atoms with Gasteiger partial charge >= 0.3 is 16.3 Å². The van der Waals surface area contributed by atoms with Gasteiger partial charge in [-0.05, 0) is 13.8 Å². The summed E-state index contributed by atoms with van der Waals surface area (Å²) in [6, 6.07) is -1.18. The first kappa shape index (κ1) is 25.5. The predicted octanol–water partition coefficient (Wildman–Crippen LogP) is -2.03. The van der Waals surface area contributed by atoms with Gasteiger partial charge in [0.15, 0.2) is 10.8 Å². The molecule has 35 heavy (non-hydrogen) atoms. The molecule has 2 atom stereocenters. The van der Waals surface area contributed by atoms with Crippen LogP contribution in [0.1, 0.15) is 25.4 Å². The Kier molecular flexibility index (Phi) is 6.73. The molecule has 0 aromatic carbocycles. The largest absolute Gasteiger partial charge is 0.478 e. The smallest absolute Gasteiger partial charge is 0.362 e. The van der Waals surface area contributed by atoms with Crippen LogP contribution in [0.5, 0.6) is 0 Å². The first-order chi connectivity index (χ1) is 16.2. The average Bonchev–Trinajstić information content (AvgIpc) is 3.39. The van der Waals surface area contributed by atoms with Crippen LogP contribution in [0.4, 0.5) is 5.13 Å². The molecule has 1 aliphatic heterocycles. The summed E-state index contributed by atoms with van der Waals surface area (Å²) in [6.07, 6.45) is 1.09. The van der Waals surface area contributed by atoms with Gasteiger partial charge in [-0.2, -0.15) is 13.7 Å². The van der Waals surface area contributed by atoms with E-state index in [-0.39, 0.29) is 27.5 Å². The molecule has 0 radical (unpaired) electrons. The van der Waals surface area contributed by atoms with E-state index in [1.165, 1.54) is 19.2 Å². The maximum atomic E-state index is 13.0. The molecule has 0 unspecified atom stereocenters. The highest BCUT2D eigenvalue weighted by atomic mass is 32.2. The number of amides is 2. The van der Waals surface area contributed by atoms with E-state index >= 15 is 0 Å². The fourth-order valence-corrected chi connectivity index (χ4v) is 4.19. The van der Waals surface area contributed by atoms with E-state index in [0.29, 0.717) is 0 Å². The van der Waals surface area contributed by atoms with Crippen LogP contribution in [0.25, 0.3) is 0 Å². The summed E-state index contributed by atoms with van der Waals surface area (Å²) in [7, 11) is -5.00. The number of nitriles is 1. The number of oxime groups is 1. The van der Waals surface area contributed by atoms with Crippen molar-refractivity contribution in [2.75, 3.05) is 5.73 Å². The van der Waals surface area contributed by atoms with Gasteiger partial charge in [-0.25, -0.2) is 23.7 Å². The molecule has 3 rings (SSSR count). The number of nitrogens with one attached hydrogen (secondary N) is 1. The molecule has 0 saturated carbocycles. The Labute approximate surface area is 200 Å². The van der Waals surface area contributed by atoms with Gasteiger partial charge in [0.25, 0.3) is 17.6 Å². The lowest BCUT2D eigenvalue weighted by atomic mass is 9.98. The summed E-state index contributed by atoms with van der Waals surface area (Å²) >= 11 is 0.941. The topological polar surface area (TPSA) is 256 Å². The van der Waals surface area contributed by atoms with E-state index in [2.05, 4.69) is 25.5 Å². The Morgan fingerprint density at radius 2 is 2.14 bits per heavy atom. The minimum Gasteiger partial charge on any atom is -0.478 e. The monoisotopic (exact) mass is 527 g/mol. The van der Waals surface area contributed by atoms with Crippen LogP contribution in [-0.4, -0.2) is 83.3 Å². The van der Waals surface area contributed by atoms with Gasteiger partial charge in [0.05, 0.1) is 12.6 Å². The molecule has 2 aromatic rings. The maximum Gasteiger partial charge on any atom is 0.362 e. The molecule has 0 aliphatic carbocycles. The van der Waals surface area contributed by atoms with Crippen LogP contribution in [0.15, 0.2) is 16.9 Å². The standard InChI is InChI=1S/C16H17N9O8S2/c1-16(2,14(28)29)33-23-10(7-5-34-15(18)20-7)12(26)21-11-8(25(13(11)27)35(30,31)32)4-24-6-19-9(3-17)22-24/h5-6,8,11H,4H2,1-2H3,(H2,18,20)(H,21,26)(H,28,29)(H,30,31,32)/b23-10-/t8-,11+/m1/s1. The number of nitrogen functional groups attached to an aromatic ring is 1. The SMILES string of the molecule is CC(C)(O/N=C(\C(=O)N[C@@H]1C(=O)N(S(=O)(=O)O)[C@@H]1Cn1cnc(C#N)n1)c1csc(N)n1)C(=O)O. The minimum atomic E-state index is -5.00. The molecule has 2 amide bonds. The second-order valence-corrected chi connectivity index (χ2v) is 9.63. The van der Waals surface area contributed by atoms with Crippen LogP contribution < -0.4 is 11.1 Å².